The number of anilines is 1. The van der Waals surface area contributed by atoms with Crippen molar-refractivity contribution in [2.75, 3.05) is 5.32 Å². The first-order chi connectivity index (χ1) is 15.8. The molecule has 0 aliphatic heterocycles. The van der Waals surface area contributed by atoms with Crippen LogP contribution in [0.15, 0.2) is 76.7 Å². The Morgan fingerprint density at radius 1 is 1.00 bits per heavy atom. The van der Waals surface area contributed by atoms with Crippen molar-refractivity contribution < 1.29 is 4.79 Å². The van der Waals surface area contributed by atoms with Crippen molar-refractivity contribution in [3.05, 3.63) is 88.5 Å². The van der Waals surface area contributed by atoms with Crippen LogP contribution in [0.5, 0.6) is 0 Å². The van der Waals surface area contributed by atoms with Crippen molar-refractivity contribution in [2.24, 2.45) is 7.05 Å². The quantitative estimate of drug-likeness (QED) is 0.342. The zero-order valence-electron chi connectivity index (χ0n) is 18.9. The Kier molecular flexibility index (Phi) is 6.46. The van der Waals surface area contributed by atoms with Crippen molar-refractivity contribution in [3.63, 3.8) is 0 Å². The topological polar surface area (TPSA) is 81.8 Å². The average Bonchev–Trinajstić information content (AvgIpc) is 3.02. The largest absolute Gasteiger partial charge is 0.319 e. The highest BCUT2D eigenvalue weighted by molar-refractivity contribution is 8.00. The molecule has 33 heavy (non-hydrogen) atoms. The molecule has 0 aliphatic rings. The molecule has 0 radical (unpaired) electrons. The van der Waals surface area contributed by atoms with E-state index < -0.39 is 5.25 Å². The summed E-state index contributed by atoms with van der Waals surface area (Å²) in [5.41, 5.74) is 4.03. The monoisotopic (exact) mass is 459 g/mol. The summed E-state index contributed by atoms with van der Waals surface area (Å²) in [6, 6.07) is 21.1. The molecule has 8 heteroatoms. The Balaban J connectivity index is 1.55. The fourth-order valence-corrected chi connectivity index (χ4v) is 4.33. The third kappa shape index (κ3) is 4.75. The second-order valence-electron chi connectivity index (χ2n) is 7.73. The van der Waals surface area contributed by atoms with E-state index in [0.29, 0.717) is 10.9 Å². The predicted octanol–water partition coefficient (Wildman–Crippen LogP) is 4.37. The van der Waals surface area contributed by atoms with Gasteiger partial charge in [-0.2, -0.15) is 0 Å². The molecule has 2 heterocycles. The summed E-state index contributed by atoms with van der Waals surface area (Å²) in [7, 11) is 1.79. The number of carbonyl (C=O) groups excluding carboxylic acids is 1. The summed E-state index contributed by atoms with van der Waals surface area (Å²) < 4.78 is 3.28. The van der Waals surface area contributed by atoms with Crippen LogP contribution in [0.2, 0.25) is 0 Å². The molecule has 1 atom stereocenters. The van der Waals surface area contributed by atoms with Crippen LogP contribution in [0.4, 0.5) is 5.69 Å². The van der Waals surface area contributed by atoms with Crippen LogP contribution in [-0.4, -0.2) is 30.5 Å². The van der Waals surface area contributed by atoms with Crippen molar-refractivity contribution in [2.45, 2.75) is 31.2 Å². The van der Waals surface area contributed by atoms with Crippen LogP contribution in [0.1, 0.15) is 18.3 Å². The Morgan fingerprint density at radius 2 is 1.64 bits per heavy atom. The molecule has 168 valence electrons. The highest BCUT2D eigenvalue weighted by atomic mass is 32.2. The van der Waals surface area contributed by atoms with Crippen molar-refractivity contribution in [1.82, 2.24) is 19.3 Å². The standard InChI is InChI=1S/C25H25N5O2S/c1-16-15-21(19-11-7-5-8-12-19)27-25(26-16)33-18(3)23(31)28-22-17(2)29(4)30(24(22)32)20-13-9-6-10-14-20/h5-15,18H,1-4H3,(H,28,31)/t18-/m1/s1. The smallest absolute Gasteiger partial charge is 0.295 e. The molecule has 0 unspecified atom stereocenters. The van der Waals surface area contributed by atoms with Crippen LogP contribution in [0, 0.1) is 13.8 Å². The molecule has 0 fully saturated rings. The van der Waals surface area contributed by atoms with E-state index >= 15 is 0 Å². The number of carbonyl (C=O) groups is 1. The van der Waals surface area contributed by atoms with Gasteiger partial charge in [0.2, 0.25) is 5.91 Å². The number of hydrogen-bond acceptors (Lipinski definition) is 5. The molecular formula is C25H25N5O2S. The van der Waals surface area contributed by atoms with Crippen LogP contribution < -0.4 is 10.9 Å². The normalized spacial score (nSPS) is 11.9. The maximum atomic E-state index is 13.1. The van der Waals surface area contributed by atoms with Crippen molar-refractivity contribution in [1.29, 1.82) is 0 Å². The molecule has 0 aliphatic carbocycles. The Bertz CT molecular complexity index is 1350. The minimum Gasteiger partial charge on any atom is -0.319 e. The number of benzene rings is 2. The maximum Gasteiger partial charge on any atom is 0.295 e. The van der Waals surface area contributed by atoms with Crippen LogP contribution in [0.25, 0.3) is 16.9 Å². The van der Waals surface area contributed by atoms with Gasteiger partial charge in [0.25, 0.3) is 5.56 Å². The molecule has 0 saturated heterocycles. The summed E-state index contributed by atoms with van der Waals surface area (Å²) in [5, 5.41) is 2.84. The average molecular weight is 460 g/mol. The Hall–Kier alpha value is -3.65. The van der Waals surface area contributed by atoms with Gasteiger partial charge in [-0.25, -0.2) is 14.6 Å². The molecule has 0 bridgehead atoms. The summed E-state index contributed by atoms with van der Waals surface area (Å²) >= 11 is 1.26. The lowest BCUT2D eigenvalue weighted by atomic mass is 10.1. The summed E-state index contributed by atoms with van der Waals surface area (Å²) in [6.07, 6.45) is 0. The van der Waals surface area contributed by atoms with Crippen LogP contribution in [0.3, 0.4) is 0 Å². The van der Waals surface area contributed by atoms with Gasteiger partial charge < -0.3 is 5.32 Å². The first-order valence-electron chi connectivity index (χ1n) is 10.6. The number of nitrogens with zero attached hydrogens (tertiary/aromatic N) is 4. The second kappa shape index (κ2) is 9.46. The number of aryl methyl sites for hydroxylation is 1. The van der Waals surface area contributed by atoms with E-state index in [0.717, 1.165) is 22.6 Å². The minimum absolute atomic E-state index is 0.272. The molecule has 2 aromatic carbocycles. The second-order valence-corrected chi connectivity index (χ2v) is 9.04. The summed E-state index contributed by atoms with van der Waals surface area (Å²) in [4.78, 5) is 35.2. The fraction of sp³-hybridized carbons (Fsp3) is 0.200. The number of thioether (sulfide) groups is 1. The van der Waals surface area contributed by atoms with Gasteiger partial charge in [0, 0.05) is 18.3 Å². The summed E-state index contributed by atoms with van der Waals surface area (Å²) in [5.74, 6) is -0.280. The molecule has 1 amide bonds. The van der Waals surface area contributed by atoms with Gasteiger partial charge in [-0.1, -0.05) is 60.3 Å². The highest BCUT2D eigenvalue weighted by Gasteiger charge is 2.22. The zero-order chi connectivity index (χ0) is 23.5. The SMILES string of the molecule is Cc1cc(-c2ccccc2)nc(S[C@H](C)C(=O)Nc2c(C)n(C)n(-c3ccccc3)c2=O)n1. The summed E-state index contributed by atoms with van der Waals surface area (Å²) in [6.45, 7) is 5.49. The lowest BCUT2D eigenvalue weighted by molar-refractivity contribution is -0.115. The molecule has 2 aromatic heterocycles. The zero-order valence-corrected chi connectivity index (χ0v) is 19.8. The van der Waals surface area contributed by atoms with Crippen LogP contribution in [-0.2, 0) is 11.8 Å². The fourth-order valence-electron chi connectivity index (χ4n) is 3.50. The third-order valence-corrected chi connectivity index (χ3v) is 6.32. The van der Waals surface area contributed by atoms with E-state index in [-0.39, 0.29) is 17.2 Å². The van der Waals surface area contributed by atoms with Gasteiger partial charge in [-0.3, -0.25) is 14.3 Å². The van der Waals surface area contributed by atoms with E-state index in [1.54, 1.807) is 23.3 Å². The van der Waals surface area contributed by atoms with Gasteiger partial charge in [0.05, 0.1) is 22.3 Å². The van der Waals surface area contributed by atoms with Crippen LogP contribution >= 0.6 is 11.8 Å². The van der Waals surface area contributed by atoms with E-state index in [1.165, 1.54) is 11.8 Å². The van der Waals surface area contributed by atoms with Crippen molar-refractivity contribution in [3.8, 4) is 16.9 Å². The molecule has 7 nitrogen and oxygen atoms in total. The number of para-hydroxylation sites is 1. The van der Waals surface area contributed by atoms with Gasteiger partial charge in [-0.15, -0.1) is 0 Å². The molecule has 0 saturated carbocycles. The van der Waals surface area contributed by atoms with E-state index in [9.17, 15) is 9.59 Å². The van der Waals surface area contributed by atoms with Gasteiger partial charge in [0.15, 0.2) is 5.16 Å². The highest BCUT2D eigenvalue weighted by Crippen LogP contribution is 2.25. The van der Waals surface area contributed by atoms with E-state index in [2.05, 4.69) is 15.3 Å². The van der Waals surface area contributed by atoms with Crippen molar-refractivity contribution >= 4 is 23.4 Å². The maximum absolute atomic E-state index is 13.1. The number of amides is 1. The van der Waals surface area contributed by atoms with Gasteiger partial charge in [0.1, 0.15) is 5.69 Å². The van der Waals surface area contributed by atoms with Gasteiger partial charge in [-0.05, 0) is 39.0 Å². The molecule has 1 N–H and O–H groups in total. The first-order valence-corrected chi connectivity index (χ1v) is 11.5. The number of nitrogens with one attached hydrogen (secondary N) is 1. The third-order valence-electron chi connectivity index (χ3n) is 5.36. The number of hydrogen-bond donors (Lipinski definition) is 1. The lowest BCUT2D eigenvalue weighted by Gasteiger charge is -2.12. The van der Waals surface area contributed by atoms with E-state index in [1.807, 2.05) is 80.6 Å². The minimum atomic E-state index is -0.500. The number of rotatable bonds is 6. The van der Waals surface area contributed by atoms with Gasteiger partial charge >= 0.3 is 0 Å². The molecule has 4 rings (SSSR count). The first kappa shape index (κ1) is 22.5. The predicted molar refractivity (Wildman–Crippen MR) is 132 cm³/mol. The lowest BCUT2D eigenvalue weighted by Crippen LogP contribution is -2.27. The molecular weight excluding hydrogens is 434 g/mol. The Morgan fingerprint density at radius 3 is 2.30 bits per heavy atom. The van der Waals surface area contributed by atoms with E-state index in [4.69, 9.17) is 0 Å². The Labute approximate surface area is 196 Å². The molecule has 4 aromatic rings. The number of aromatic nitrogens is 4. The molecule has 0 spiro atoms.